The Labute approximate surface area is 213 Å². The number of amides is 1. The molecule has 1 aliphatic rings. The van der Waals surface area contributed by atoms with E-state index in [1.807, 2.05) is 17.7 Å². The maximum atomic E-state index is 13.2. The quantitative estimate of drug-likeness (QED) is 0.232. The summed E-state index contributed by atoms with van der Waals surface area (Å²) in [4.78, 5) is 31.7. The van der Waals surface area contributed by atoms with Crippen LogP contribution in [0.25, 0.3) is 5.76 Å². The molecule has 35 heavy (non-hydrogen) atoms. The molecule has 1 unspecified atom stereocenters. The summed E-state index contributed by atoms with van der Waals surface area (Å²) in [6.07, 6.45) is 6.66. The first-order valence-corrected chi connectivity index (χ1v) is 12.1. The monoisotopic (exact) mass is 513 g/mol. The third kappa shape index (κ3) is 5.36. The topological polar surface area (TPSA) is 84.7 Å². The number of aliphatic hydroxyl groups is 1. The summed E-state index contributed by atoms with van der Waals surface area (Å²) >= 11 is 12.4. The Kier molecular flexibility index (Phi) is 7.78. The zero-order valence-electron chi connectivity index (χ0n) is 19.2. The minimum Gasteiger partial charge on any atom is -0.507 e. The Hall–Kier alpha value is -3.29. The van der Waals surface area contributed by atoms with Gasteiger partial charge in [-0.1, -0.05) is 36.2 Å². The van der Waals surface area contributed by atoms with E-state index in [2.05, 4.69) is 4.98 Å². The van der Waals surface area contributed by atoms with E-state index >= 15 is 0 Å². The molecular weight excluding hydrogens is 489 g/mol. The number of nitrogens with zero attached hydrogens (tertiary/aromatic N) is 3. The Morgan fingerprint density at radius 2 is 1.86 bits per heavy atom. The van der Waals surface area contributed by atoms with Crippen molar-refractivity contribution in [2.75, 3.05) is 13.2 Å². The maximum absolute atomic E-state index is 13.2. The van der Waals surface area contributed by atoms with Crippen molar-refractivity contribution in [2.45, 2.75) is 32.4 Å². The molecule has 1 atom stereocenters. The number of likely N-dealkylation sites (tertiary alicyclic amines) is 1. The lowest BCUT2D eigenvalue weighted by Gasteiger charge is -2.25. The second-order valence-electron chi connectivity index (χ2n) is 8.19. The highest BCUT2D eigenvalue weighted by Crippen LogP contribution is 2.41. The summed E-state index contributed by atoms with van der Waals surface area (Å²) in [5.41, 5.74) is 1.01. The molecule has 0 bridgehead atoms. The molecule has 0 aliphatic carbocycles. The third-order valence-corrected chi connectivity index (χ3v) is 6.51. The molecule has 1 fully saturated rings. The average Bonchev–Trinajstić information content (AvgIpc) is 3.47. The highest BCUT2D eigenvalue weighted by molar-refractivity contribution is 6.46. The molecule has 0 radical (unpaired) electrons. The molecule has 4 rings (SSSR count). The van der Waals surface area contributed by atoms with Crippen LogP contribution in [-0.4, -0.2) is 44.4 Å². The number of benzene rings is 2. The molecule has 1 saturated heterocycles. The smallest absolute Gasteiger partial charge is 0.295 e. The van der Waals surface area contributed by atoms with Crippen molar-refractivity contribution in [1.29, 1.82) is 0 Å². The van der Waals surface area contributed by atoms with Gasteiger partial charge in [0.2, 0.25) is 0 Å². The van der Waals surface area contributed by atoms with Crippen LogP contribution >= 0.6 is 23.2 Å². The predicted octanol–water partition coefficient (Wildman–Crippen LogP) is 5.49. The lowest BCUT2D eigenvalue weighted by Crippen LogP contribution is -2.31. The number of halogens is 2. The number of carbonyl (C=O) groups excluding carboxylic acids is 2. The van der Waals surface area contributed by atoms with Gasteiger partial charge >= 0.3 is 0 Å². The van der Waals surface area contributed by atoms with Crippen LogP contribution < -0.4 is 4.74 Å². The van der Waals surface area contributed by atoms with E-state index < -0.39 is 17.7 Å². The standard InChI is InChI=1S/C26H25Cl2N3O4/c1-2-14-35-19-7-4-17(5-8-19)24(32)22-23(18-6-9-20(27)21(28)15-18)31(26(34)25(22)33)12-3-11-30-13-10-29-16-30/h4-10,13,15-16,23,32H,2-3,11-12,14H2,1H3. The lowest BCUT2D eigenvalue weighted by atomic mass is 9.95. The van der Waals surface area contributed by atoms with E-state index in [0.717, 1.165) is 6.42 Å². The Morgan fingerprint density at radius 3 is 2.51 bits per heavy atom. The predicted molar refractivity (Wildman–Crippen MR) is 135 cm³/mol. The largest absolute Gasteiger partial charge is 0.507 e. The molecular formula is C26H25Cl2N3O4. The molecule has 182 valence electrons. The molecule has 1 aliphatic heterocycles. The lowest BCUT2D eigenvalue weighted by molar-refractivity contribution is -0.139. The van der Waals surface area contributed by atoms with Gasteiger partial charge in [0, 0.05) is 31.0 Å². The van der Waals surface area contributed by atoms with Crippen LogP contribution in [0.3, 0.4) is 0 Å². The van der Waals surface area contributed by atoms with Gasteiger partial charge < -0.3 is 19.3 Å². The van der Waals surface area contributed by atoms with Crippen molar-refractivity contribution in [3.05, 3.63) is 87.9 Å². The van der Waals surface area contributed by atoms with Gasteiger partial charge in [0.25, 0.3) is 11.7 Å². The maximum Gasteiger partial charge on any atom is 0.295 e. The number of aliphatic hydroxyl groups excluding tert-OH is 1. The first kappa shape index (κ1) is 24.8. The van der Waals surface area contributed by atoms with E-state index in [1.165, 1.54) is 4.90 Å². The second kappa shape index (κ2) is 11.0. The minimum absolute atomic E-state index is 0.0123. The molecule has 3 aromatic rings. The number of ether oxygens (including phenoxy) is 1. The van der Waals surface area contributed by atoms with Crippen molar-refractivity contribution in [3.63, 3.8) is 0 Å². The highest BCUT2D eigenvalue weighted by atomic mass is 35.5. The number of Topliss-reactive ketones (excluding diaryl/α,β-unsaturated/α-hetero) is 1. The number of carbonyl (C=O) groups is 2. The van der Waals surface area contributed by atoms with Gasteiger partial charge in [0.1, 0.15) is 11.5 Å². The number of aromatic nitrogens is 2. The fourth-order valence-corrected chi connectivity index (χ4v) is 4.37. The molecule has 1 aromatic heterocycles. The first-order chi connectivity index (χ1) is 16.9. The van der Waals surface area contributed by atoms with Crippen molar-refractivity contribution in [2.24, 2.45) is 0 Å². The summed E-state index contributed by atoms with van der Waals surface area (Å²) in [5, 5.41) is 11.8. The van der Waals surface area contributed by atoms with E-state index in [-0.39, 0.29) is 11.3 Å². The number of imidazole rings is 1. The summed E-state index contributed by atoms with van der Waals surface area (Å²) in [6, 6.07) is 10.9. The number of aryl methyl sites for hydroxylation is 1. The number of hydrogen-bond donors (Lipinski definition) is 1. The van der Waals surface area contributed by atoms with Gasteiger partial charge in [-0.25, -0.2) is 4.98 Å². The second-order valence-corrected chi connectivity index (χ2v) is 9.01. The highest BCUT2D eigenvalue weighted by Gasteiger charge is 2.45. The van der Waals surface area contributed by atoms with Crippen molar-refractivity contribution in [3.8, 4) is 5.75 Å². The molecule has 2 aromatic carbocycles. The van der Waals surface area contributed by atoms with Crippen molar-refractivity contribution < 1.29 is 19.4 Å². The number of hydrogen-bond acceptors (Lipinski definition) is 5. The van der Waals surface area contributed by atoms with Gasteiger partial charge in [-0.05, 0) is 54.8 Å². The normalized spacial score (nSPS) is 17.2. The van der Waals surface area contributed by atoms with Crippen LogP contribution in [-0.2, 0) is 16.1 Å². The molecule has 1 amide bonds. The summed E-state index contributed by atoms with van der Waals surface area (Å²) in [6.45, 7) is 3.51. The Bertz CT molecular complexity index is 1240. The third-order valence-electron chi connectivity index (χ3n) is 5.77. The Balaban J connectivity index is 1.70. The van der Waals surface area contributed by atoms with Gasteiger partial charge in [-0.3, -0.25) is 9.59 Å². The van der Waals surface area contributed by atoms with Crippen LogP contribution in [0, 0.1) is 0 Å². The summed E-state index contributed by atoms with van der Waals surface area (Å²) in [5.74, 6) is -1.01. The van der Waals surface area contributed by atoms with Gasteiger partial charge in [0.15, 0.2) is 0 Å². The zero-order valence-corrected chi connectivity index (χ0v) is 20.7. The zero-order chi connectivity index (χ0) is 24.9. The van der Waals surface area contributed by atoms with Gasteiger partial charge in [-0.15, -0.1) is 0 Å². The molecule has 7 nitrogen and oxygen atoms in total. The van der Waals surface area contributed by atoms with Gasteiger partial charge in [0.05, 0.1) is 34.6 Å². The number of rotatable bonds is 9. The fourth-order valence-electron chi connectivity index (χ4n) is 4.07. The fraction of sp³-hybridized carbons (Fsp3) is 0.269. The van der Waals surface area contributed by atoms with E-state index in [9.17, 15) is 14.7 Å². The van der Waals surface area contributed by atoms with Gasteiger partial charge in [-0.2, -0.15) is 0 Å². The average molecular weight is 514 g/mol. The number of ketones is 1. The minimum atomic E-state index is -0.802. The van der Waals surface area contributed by atoms with E-state index in [1.54, 1.807) is 55.0 Å². The van der Waals surface area contributed by atoms with Crippen molar-refractivity contribution >= 4 is 40.7 Å². The van der Waals surface area contributed by atoms with E-state index in [4.69, 9.17) is 27.9 Å². The first-order valence-electron chi connectivity index (χ1n) is 11.3. The molecule has 1 N–H and O–H groups in total. The summed E-state index contributed by atoms with van der Waals surface area (Å²) < 4.78 is 7.50. The molecule has 0 spiro atoms. The van der Waals surface area contributed by atoms with Crippen LogP contribution in [0.1, 0.15) is 36.9 Å². The Morgan fingerprint density at radius 1 is 1.09 bits per heavy atom. The van der Waals surface area contributed by atoms with Crippen LogP contribution in [0.4, 0.5) is 0 Å². The SMILES string of the molecule is CCCOc1ccc(C(O)=C2C(=O)C(=O)N(CCCn3ccnc3)C2c2ccc(Cl)c(Cl)c2)cc1. The molecule has 9 heteroatoms. The van der Waals surface area contributed by atoms with Crippen molar-refractivity contribution in [1.82, 2.24) is 14.5 Å². The molecule has 0 saturated carbocycles. The van der Waals surface area contributed by atoms with Crippen LogP contribution in [0.5, 0.6) is 5.75 Å². The molecule has 2 heterocycles. The summed E-state index contributed by atoms with van der Waals surface area (Å²) in [7, 11) is 0. The van der Waals surface area contributed by atoms with Crippen LogP contribution in [0.2, 0.25) is 10.0 Å². The van der Waals surface area contributed by atoms with Crippen LogP contribution in [0.15, 0.2) is 66.8 Å². The van der Waals surface area contributed by atoms with E-state index in [0.29, 0.717) is 53.0 Å².